The zero-order chi connectivity index (χ0) is 20.3. The van der Waals surface area contributed by atoms with Gasteiger partial charge in [0.05, 0.1) is 20.8 Å². The molecular weight excluding hydrogens is 373 g/mol. The van der Waals surface area contributed by atoms with E-state index in [0.717, 1.165) is 24.5 Å². The summed E-state index contributed by atoms with van der Waals surface area (Å²) in [6.45, 7) is 1.39. The quantitative estimate of drug-likeness (QED) is 0.621. The number of rotatable bonds is 4. The van der Waals surface area contributed by atoms with Crippen LogP contribution in [0.5, 0.6) is 11.5 Å². The molecule has 0 spiro atoms. The lowest BCUT2D eigenvalue weighted by atomic mass is 9.99. The minimum absolute atomic E-state index is 0.0344. The van der Waals surface area contributed by atoms with Crippen LogP contribution in [0, 0.1) is 0 Å². The van der Waals surface area contributed by atoms with Crippen LogP contribution in [-0.4, -0.2) is 75.4 Å². The Balaban J connectivity index is 1.64. The normalized spacial score (nSPS) is 20.9. The Morgan fingerprint density at radius 1 is 1.18 bits per heavy atom. The summed E-state index contributed by atoms with van der Waals surface area (Å²) >= 11 is 0. The molecule has 0 saturated carbocycles. The van der Waals surface area contributed by atoms with E-state index in [1.807, 2.05) is 12.1 Å². The Morgan fingerprint density at radius 2 is 1.86 bits per heavy atom. The maximum Gasteiger partial charge on any atom is 0.401 e. The number of halogens is 3. The average Bonchev–Trinajstić information content (AvgIpc) is 3.09. The number of aliphatic imine (C=N–C) groups is 1. The number of hydrogen-bond acceptors (Lipinski definition) is 4. The zero-order valence-electron chi connectivity index (χ0n) is 16.5. The fraction of sp³-hybridized carbons (Fsp3) is 0.632. The van der Waals surface area contributed by atoms with Crippen molar-refractivity contribution >= 4 is 5.96 Å². The number of fused-ring (bicyclic) bond motifs is 1. The minimum atomic E-state index is -4.16. The van der Waals surface area contributed by atoms with E-state index in [1.54, 1.807) is 21.3 Å². The number of methoxy groups -OCH3 is 2. The summed E-state index contributed by atoms with van der Waals surface area (Å²) in [7, 11) is 4.93. The lowest BCUT2D eigenvalue weighted by molar-refractivity contribution is -0.143. The molecule has 1 aromatic rings. The predicted molar refractivity (Wildman–Crippen MR) is 101 cm³/mol. The molecule has 2 aliphatic heterocycles. The monoisotopic (exact) mass is 400 g/mol. The molecule has 0 amide bonds. The van der Waals surface area contributed by atoms with Crippen LogP contribution >= 0.6 is 0 Å². The van der Waals surface area contributed by atoms with Crippen molar-refractivity contribution in [1.29, 1.82) is 0 Å². The smallest absolute Gasteiger partial charge is 0.401 e. The van der Waals surface area contributed by atoms with E-state index in [0.29, 0.717) is 37.6 Å². The van der Waals surface area contributed by atoms with Crippen molar-refractivity contribution in [3.63, 3.8) is 0 Å². The lowest BCUT2D eigenvalue weighted by Crippen LogP contribution is -2.48. The Kier molecular flexibility index (Phi) is 6.22. The van der Waals surface area contributed by atoms with Crippen LogP contribution in [0.25, 0.3) is 0 Å². The van der Waals surface area contributed by atoms with E-state index in [9.17, 15) is 13.2 Å². The molecule has 9 heteroatoms. The van der Waals surface area contributed by atoms with Gasteiger partial charge in [0.2, 0.25) is 0 Å². The van der Waals surface area contributed by atoms with Crippen LogP contribution in [-0.2, 0) is 13.0 Å². The molecule has 1 atom stereocenters. The molecule has 0 bridgehead atoms. The first-order valence-electron chi connectivity index (χ1n) is 9.34. The molecular formula is C19H27F3N4O2. The summed E-state index contributed by atoms with van der Waals surface area (Å²) in [5.41, 5.74) is 2.35. The highest BCUT2D eigenvalue weighted by molar-refractivity contribution is 5.80. The number of nitrogens with one attached hydrogen (secondary N) is 1. The fourth-order valence-corrected chi connectivity index (χ4v) is 3.89. The van der Waals surface area contributed by atoms with Gasteiger partial charge in [0.15, 0.2) is 17.5 Å². The van der Waals surface area contributed by atoms with Crippen molar-refractivity contribution < 1.29 is 22.6 Å². The second-order valence-electron chi connectivity index (χ2n) is 7.17. The Morgan fingerprint density at radius 3 is 2.46 bits per heavy atom. The number of alkyl halides is 3. The molecule has 0 aromatic heterocycles. The van der Waals surface area contributed by atoms with Crippen molar-refractivity contribution in [3.8, 4) is 11.5 Å². The molecule has 1 aromatic carbocycles. The van der Waals surface area contributed by atoms with E-state index in [1.165, 1.54) is 10.5 Å². The van der Waals surface area contributed by atoms with Gasteiger partial charge in [-0.15, -0.1) is 0 Å². The summed E-state index contributed by atoms with van der Waals surface area (Å²) in [4.78, 5) is 7.92. The molecule has 1 saturated heterocycles. The SMILES string of the molecule is CN=C(NC1CCN(CC(F)(F)F)C1)N1CCc2cc(OC)c(OC)cc2C1. The van der Waals surface area contributed by atoms with Crippen LogP contribution in [0.2, 0.25) is 0 Å². The van der Waals surface area contributed by atoms with Gasteiger partial charge >= 0.3 is 6.18 Å². The topological polar surface area (TPSA) is 49.3 Å². The second kappa shape index (κ2) is 8.46. The molecule has 3 rings (SSSR count). The number of ether oxygens (including phenoxy) is 2. The lowest BCUT2D eigenvalue weighted by Gasteiger charge is -2.33. The summed E-state index contributed by atoms with van der Waals surface area (Å²) < 4.78 is 48.6. The van der Waals surface area contributed by atoms with Crippen LogP contribution < -0.4 is 14.8 Å². The Labute approximate surface area is 163 Å². The van der Waals surface area contributed by atoms with Gasteiger partial charge in [0, 0.05) is 39.3 Å². The first-order chi connectivity index (χ1) is 13.3. The maximum absolute atomic E-state index is 12.6. The second-order valence-corrected chi connectivity index (χ2v) is 7.17. The average molecular weight is 400 g/mol. The van der Waals surface area contributed by atoms with Crippen LogP contribution in [0.15, 0.2) is 17.1 Å². The summed E-state index contributed by atoms with van der Waals surface area (Å²) in [5.74, 6) is 2.12. The summed E-state index contributed by atoms with van der Waals surface area (Å²) in [5, 5.41) is 3.34. The van der Waals surface area contributed by atoms with E-state index >= 15 is 0 Å². The highest BCUT2D eigenvalue weighted by atomic mass is 19.4. The zero-order valence-corrected chi connectivity index (χ0v) is 16.5. The van der Waals surface area contributed by atoms with Gasteiger partial charge in [-0.2, -0.15) is 13.2 Å². The molecule has 2 aliphatic rings. The number of nitrogens with zero attached hydrogens (tertiary/aromatic N) is 3. The Bertz CT molecular complexity index is 724. The third-order valence-corrected chi connectivity index (χ3v) is 5.24. The third-order valence-electron chi connectivity index (χ3n) is 5.24. The van der Waals surface area contributed by atoms with Gasteiger partial charge in [-0.05, 0) is 36.1 Å². The highest BCUT2D eigenvalue weighted by Crippen LogP contribution is 2.33. The molecule has 28 heavy (non-hydrogen) atoms. The van der Waals surface area contributed by atoms with Gasteiger partial charge in [0.25, 0.3) is 0 Å². The number of guanidine groups is 1. The molecule has 2 heterocycles. The molecule has 1 fully saturated rings. The highest BCUT2D eigenvalue weighted by Gasteiger charge is 2.35. The fourth-order valence-electron chi connectivity index (χ4n) is 3.89. The molecule has 1 N–H and O–H groups in total. The Hall–Kier alpha value is -2.16. The van der Waals surface area contributed by atoms with E-state index in [-0.39, 0.29) is 6.04 Å². The van der Waals surface area contributed by atoms with Crippen molar-refractivity contribution in [2.75, 3.05) is 47.4 Å². The third kappa shape index (κ3) is 4.81. The van der Waals surface area contributed by atoms with Crippen LogP contribution in [0.3, 0.4) is 0 Å². The molecule has 0 aliphatic carbocycles. The standard InChI is InChI=1S/C19H27F3N4O2/c1-23-18(24-15-5-6-25(11-15)12-19(20,21)22)26-7-4-13-8-16(27-2)17(28-3)9-14(13)10-26/h8-9,15H,4-7,10-12H2,1-3H3,(H,23,24). The molecule has 1 unspecified atom stereocenters. The number of hydrogen-bond donors (Lipinski definition) is 1. The molecule has 6 nitrogen and oxygen atoms in total. The largest absolute Gasteiger partial charge is 0.493 e. The van der Waals surface area contributed by atoms with Crippen LogP contribution in [0.4, 0.5) is 13.2 Å². The molecule has 156 valence electrons. The van der Waals surface area contributed by atoms with Crippen molar-refractivity contribution in [1.82, 2.24) is 15.1 Å². The first-order valence-corrected chi connectivity index (χ1v) is 9.34. The van der Waals surface area contributed by atoms with Crippen molar-refractivity contribution in [2.24, 2.45) is 4.99 Å². The van der Waals surface area contributed by atoms with E-state index in [4.69, 9.17) is 9.47 Å². The molecule has 0 radical (unpaired) electrons. The van der Waals surface area contributed by atoms with E-state index < -0.39 is 12.7 Å². The van der Waals surface area contributed by atoms with Gasteiger partial charge in [0.1, 0.15) is 0 Å². The first kappa shape index (κ1) is 20.6. The van der Waals surface area contributed by atoms with Gasteiger partial charge in [-0.3, -0.25) is 9.89 Å². The maximum atomic E-state index is 12.6. The minimum Gasteiger partial charge on any atom is -0.493 e. The van der Waals surface area contributed by atoms with Crippen molar-refractivity contribution in [3.05, 3.63) is 23.3 Å². The van der Waals surface area contributed by atoms with Crippen LogP contribution in [0.1, 0.15) is 17.5 Å². The predicted octanol–water partition coefficient (Wildman–Crippen LogP) is 2.27. The van der Waals surface area contributed by atoms with Gasteiger partial charge in [-0.1, -0.05) is 0 Å². The number of likely N-dealkylation sites (tertiary alicyclic amines) is 1. The van der Waals surface area contributed by atoms with Crippen molar-refractivity contribution in [2.45, 2.75) is 31.6 Å². The van der Waals surface area contributed by atoms with E-state index in [2.05, 4.69) is 15.2 Å². The summed E-state index contributed by atoms with van der Waals surface area (Å²) in [6.07, 6.45) is -2.65. The van der Waals surface area contributed by atoms with Gasteiger partial charge < -0.3 is 19.7 Å². The number of benzene rings is 1. The van der Waals surface area contributed by atoms with Gasteiger partial charge in [-0.25, -0.2) is 0 Å². The summed E-state index contributed by atoms with van der Waals surface area (Å²) in [6, 6.07) is 3.95.